The lowest BCUT2D eigenvalue weighted by Crippen LogP contribution is -2.39. The Morgan fingerprint density at radius 2 is 1.77 bits per heavy atom. The molecule has 1 aliphatic heterocycles. The maximum Gasteiger partial charge on any atom is 0.191 e. The van der Waals surface area contributed by atoms with E-state index in [4.69, 9.17) is 9.73 Å². The summed E-state index contributed by atoms with van der Waals surface area (Å²) >= 11 is 0. The van der Waals surface area contributed by atoms with Crippen molar-refractivity contribution in [1.29, 1.82) is 0 Å². The third-order valence-electron chi connectivity index (χ3n) is 5.09. The van der Waals surface area contributed by atoms with Gasteiger partial charge in [0.1, 0.15) is 5.82 Å². The lowest BCUT2D eigenvalue weighted by molar-refractivity contribution is 0.0341. The molecule has 3 N–H and O–H groups in total. The molecule has 0 radical (unpaired) electrons. The number of aliphatic hydroxyl groups excluding tert-OH is 1. The molecule has 0 spiro atoms. The average Bonchev–Trinajstić information content (AvgIpc) is 2.77. The highest BCUT2D eigenvalue weighted by atomic mass is 127. The number of nitrogens with one attached hydrogen (secondary N) is 2. The molecular weight excluding hydrogens is 510 g/mol. The van der Waals surface area contributed by atoms with Crippen molar-refractivity contribution in [2.45, 2.75) is 26.1 Å². The number of nitrogens with zero attached hydrogens (tertiary/aromatic N) is 2. The highest BCUT2D eigenvalue weighted by Gasteiger charge is 2.13. The molecule has 0 aromatic heterocycles. The zero-order valence-corrected chi connectivity index (χ0v) is 20.2. The third-order valence-corrected chi connectivity index (χ3v) is 5.09. The number of aliphatic hydroxyl groups is 1. The zero-order valence-electron chi connectivity index (χ0n) is 17.9. The summed E-state index contributed by atoms with van der Waals surface area (Å²) in [4.78, 5) is 7.09. The third kappa shape index (κ3) is 8.36. The van der Waals surface area contributed by atoms with Gasteiger partial charge in [-0.05, 0) is 35.7 Å². The Hall–Kier alpha value is -1.75. The normalized spacial score (nSPS) is 15.8. The van der Waals surface area contributed by atoms with Crippen LogP contribution in [0, 0.1) is 5.82 Å². The fourth-order valence-electron chi connectivity index (χ4n) is 3.37. The Labute approximate surface area is 200 Å². The van der Waals surface area contributed by atoms with E-state index in [1.807, 2.05) is 13.0 Å². The van der Waals surface area contributed by atoms with Gasteiger partial charge in [-0.1, -0.05) is 36.4 Å². The first-order chi connectivity index (χ1) is 14.7. The van der Waals surface area contributed by atoms with Crippen LogP contribution in [0.15, 0.2) is 53.5 Å². The van der Waals surface area contributed by atoms with Crippen molar-refractivity contribution in [2.75, 3.05) is 39.4 Å². The van der Waals surface area contributed by atoms with Gasteiger partial charge in [-0.25, -0.2) is 9.38 Å². The summed E-state index contributed by atoms with van der Waals surface area (Å²) < 4.78 is 18.5. The molecule has 0 saturated carbocycles. The van der Waals surface area contributed by atoms with Crippen LogP contribution in [0.25, 0.3) is 0 Å². The van der Waals surface area contributed by atoms with E-state index in [1.165, 1.54) is 23.3 Å². The van der Waals surface area contributed by atoms with E-state index in [2.05, 4.69) is 33.7 Å². The molecule has 1 fully saturated rings. The fraction of sp³-hybridized carbons (Fsp3) is 0.435. The van der Waals surface area contributed by atoms with Crippen LogP contribution in [0.4, 0.5) is 4.39 Å². The molecule has 0 aliphatic carbocycles. The van der Waals surface area contributed by atoms with Gasteiger partial charge < -0.3 is 20.5 Å². The highest BCUT2D eigenvalue weighted by Crippen LogP contribution is 2.15. The monoisotopic (exact) mass is 542 g/mol. The summed E-state index contributed by atoms with van der Waals surface area (Å²) in [6, 6.07) is 14.2. The van der Waals surface area contributed by atoms with Gasteiger partial charge in [-0.2, -0.15) is 0 Å². The minimum absolute atomic E-state index is 0. The van der Waals surface area contributed by atoms with Crippen LogP contribution in [-0.4, -0.2) is 55.4 Å². The van der Waals surface area contributed by atoms with Crippen molar-refractivity contribution in [3.63, 3.8) is 0 Å². The standard InChI is InChI=1S/C23H31FN4O2.HI/c1-2-25-23(27-16-22(29)18-7-9-21(24)10-8-18)26-15-19-5-3-4-6-20(19)17-28-11-13-30-14-12-28;/h3-10,22,29H,2,11-17H2,1H3,(H2,25,26,27);1H. The second-order valence-electron chi connectivity index (χ2n) is 7.30. The van der Waals surface area contributed by atoms with Crippen molar-refractivity contribution in [3.05, 3.63) is 71.0 Å². The quantitative estimate of drug-likeness (QED) is 0.272. The zero-order chi connectivity index (χ0) is 21.2. The van der Waals surface area contributed by atoms with E-state index in [1.54, 1.807) is 12.1 Å². The molecule has 0 amide bonds. The second-order valence-corrected chi connectivity index (χ2v) is 7.30. The van der Waals surface area contributed by atoms with E-state index in [-0.39, 0.29) is 36.3 Å². The average molecular weight is 542 g/mol. The first-order valence-corrected chi connectivity index (χ1v) is 10.5. The Morgan fingerprint density at radius 1 is 1.10 bits per heavy atom. The molecule has 170 valence electrons. The molecule has 31 heavy (non-hydrogen) atoms. The van der Waals surface area contributed by atoms with E-state index in [0.717, 1.165) is 32.8 Å². The van der Waals surface area contributed by atoms with Gasteiger partial charge in [-0.15, -0.1) is 24.0 Å². The van der Waals surface area contributed by atoms with E-state index < -0.39 is 6.10 Å². The molecule has 3 rings (SSSR count). The molecule has 1 unspecified atom stereocenters. The number of ether oxygens (including phenoxy) is 1. The Kier molecular flexibility index (Phi) is 11.2. The van der Waals surface area contributed by atoms with Crippen molar-refractivity contribution < 1.29 is 14.2 Å². The van der Waals surface area contributed by atoms with Crippen LogP contribution in [0.3, 0.4) is 0 Å². The number of halogens is 2. The van der Waals surface area contributed by atoms with Crippen LogP contribution in [-0.2, 0) is 17.8 Å². The van der Waals surface area contributed by atoms with Crippen molar-refractivity contribution in [1.82, 2.24) is 15.5 Å². The molecule has 6 nitrogen and oxygen atoms in total. The SMILES string of the molecule is CCNC(=NCc1ccccc1CN1CCOCC1)NCC(O)c1ccc(F)cc1.I. The molecule has 1 atom stereocenters. The maximum absolute atomic E-state index is 13.1. The van der Waals surface area contributed by atoms with Gasteiger partial charge in [0.2, 0.25) is 0 Å². The number of benzene rings is 2. The van der Waals surface area contributed by atoms with E-state index in [9.17, 15) is 9.50 Å². The first kappa shape index (κ1) is 25.5. The fourth-order valence-corrected chi connectivity index (χ4v) is 3.37. The second kappa shape index (κ2) is 13.6. The molecular formula is C23H32FIN4O2. The minimum atomic E-state index is -0.747. The lowest BCUT2D eigenvalue weighted by Gasteiger charge is -2.27. The summed E-state index contributed by atoms with van der Waals surface area (Å²) in [5.74, 6) is 0.324. The van der Waals surface area contributed by atoms with Crippen LogP contribution in [0.1, 0.15) is 29.7 Å². The number of hydrogen-bond donors (Lipinski definition) is 3. The summed E-state index contributed by atoms with van der Waals surface area (Å²) in [7, 11) is 0. The van der Waals surface area contributed by atoms with E-state index in [0.29, 0.717) is 24.6 Å². The minimum Gasteiger partial charge on any atom is -0.387 e. The number of guanidine groups is 1. The van der Waals surface area contributed by atoms with Crippen LogP contribution in [0.2, 0.25) is 0 Å². The largest absolute Gasteiger partial charge is 0.387 e. The highest BCUT2D eigenvalue weighted by molar-refractivity contribution is 14.0. The molecule has 1 aliphatic rings. The summed E-state index contributed by atoms with van der Waals surface area (Å²) in [5, 5.41) is 16.7. The van der Waals surface area contributed by atoms with Gasteiger partial charge in [0, 0.05) is 32.7 Å². The smallest absolute Gasteiger partial charge is 0.191 e. The molecule has 8 heteroatoms. The van der Waals surface area contributed by atoms with Gasteiger partial charge >= 0.3 is 0 Å². The number of morpholine rings is 1. The molecule has 2 aromatic carbocycles. The van der Waals surface area contributed by atoms with Crippen molar-refractivity contribution in [2.24, 2.45) is 4.99 Å². The number of hydrogen-bond acceptors (Lipinski definition) is 4. The summed E-state index contributed by atoms with van der Waals surface area (Å²) in [6.07, 6.45) is -0.747. The molecule has 1 heterocycles. The maximum atomic E-state index is 13.1. The summed E-state index contributed by atoms with van der Waals surface area (Å²) in [5.41, 5.74) is 3.11. The van der Waals surface area contributed by atoms with Crippen molar-refractivity contribution in [3.8, 4) is 0 Å². The topological polar surface area (TPSA) is 69.1 Å². The number of aliphatic imine (C=N–C) groups is 1. The number of rotatable bonds is 8. The molecule has 0 bridgehead atoms. The Bertz CT molecular complexity index is 813. The van der Waals surface area contributed by atoms with Crippen LogP contribution in [0.5, 0.6) is 0 Å². The van der Waals surface area contributed by atoms with Crippen LogP contribution >= 0.6 is 24.0 Å². The van der Waals surface area contributed by atoms with Crippen molar-refractivity contribution >= 4 is 29.9 Å². The summed E-state index contributed by atoms with van der Waals surface area (Å²) in [6.45, 7) is 7.90. The van der Waals surface area contributed by atoms with Crippen LogP contribution < -0.4 is 10.6 Å². The molecule has 2 aromatic rings. The van der Waals surface area contributed by atoms with Gasteiger partial charge in [0.25, 0.3) is 0 Å². The lowest BCUT2D eigenvalue weighted by atomic mass is 10.1. The van der Waals surface area contributed by atoms with E-state index >= 15 is 0 Å². The van der Waals surface area contributed by atoms with Gasteiger partial charge in [-0.3, -0.25) is 4.90 Å². The first-order valence-electron chi connectivity index (χ1n) is 10.5. The predicted molar refractivity (Wildman–Crippen MR) is 132 cm³/mol. The van der Waals surface area contributed by atoms with Gasteiger partial charge in [0.05, 0.1) is 25.9 Å². The Balaban J connectivity index is 0.00000341. The van der Waals surface area contributed by atoms with Gasteiger partial charge in [0.15, 0.2) is 5.96 Å². The Morgan fingerprint density at radius 3 is 2.45 bits per heavy atom. The molecule has 1 saturated heterocycles. The predicted octanol–water partition coefficient (Wildman–Crippen LogP) is 3.06.